The SMILES string of the molecule is CCCCc1nc(SC2CCCC2)nc(N)c1C#N. The third-order valence-electron chi connectivity index (χ3n) is 3.44. The van der Waals surface area contributed by atoms with Crippen molar-refractivity contribution >= 4 is 17.6 Å². The molecule has 1 fully saturated rings. The molecule has 0 aromatic carbocycles. The van der Waals surface area contributed by atoms with Gasteiger partial charge in [0.05, 0.1) is 5.69 Å². The van der Waals surface area contributed by atoms with Gasteiger partial charge in [0.25, 0.3) is 0 Å². The van der Waals surface area contributed by atoms with Crippen LogP contribution in [0.1, 0.15) is 56.7 Å². The van der Waals surface area contributed by atoms with E-state index in [2.05, 4.69) is 23.0 Å². The second kappa shape index (κ2) is 6.76. The van der Waals surface area contributed by atoms with E-state index >= 15 is 0 Å². The van der Waals surface area contributed by atoms with Crippen LogP contribution in [0.3, 0.4) is 0 Å². The van der Waals surface area contributed by atoms with Crippen LogP contribution in [-0.4, -0.2) is 15.2 Å². The molecule has 0 saturated heterocycles. The molecule has 0 atom stereocenters. The Labute approximate surface area is 118 Å². The minimum absolute atomic E-state index is 0.337. The first-order valence-corrected chi connectivity index (χ1v) is 7.85. The first-order chi connectivity index (χ1) is 9.24. The second-order valence-electron chi connectivity index (χ2n) is 4.95. The van der Waals surface area contributed by atoms with Gasteiger partial charge in [0, 0.05) is 5.25 Å². The molecular formula is C14H20N4S. The highest BCUT2D eigenvalue weighted by Gasteiger charge is 2.19. The number of aromatic nitrogens is 2. The van der Waals surface area contributed by atoms with E-state index in [0.717, 1.165) is 30.1 Å². The van der Waals surface area contributed by atoms with E-state index in [4.69, 9.17) is 11.0 Å². The van der Waals surface area contributed by atoms with Gasteiger partial charge in [-0.15, -0.1) is 0 Å². The summed E-state index contributed by atoms with van der Waals surface area (Å²) in [5.41, 5.74) is 7.17. The van der Waals surface area contributed by atoms with Gasteiger partial charge in [-0.25, -0.2) is 9.97 Å². The Bertz CT molecular complexity index is 475. The monoisotopic (exact) mass is 276 g/mol. The number of hydrogen-bond donors (Lipinski definition) is 1. The molecule has 1 aromatic heterocycles. The van der Waals surface area contributed by atoms with Crippen LogP contribution in [0.4, 0.5) is 5.82 Å². The Balaban J connectivity index is 2.19. The molecule has 0 unspecified atom stereocenters. The first-order valence-electron chi connectivity index (χ1n) is 6.97. The number of rotatable bonds is 5. The molecule has 4 nitrogen and oxygen atoms in total. The molecule has 2 N–H and O–H groups in total. The molecule has 2 rings (SSSR count). The number of nitrogens with zero attached hydrogens (tertiary/aromatic N) is 3. The van der Waals surface area contributed by atoms with Crippen molar-refractivity contribution in [2.75, 3.05) is 5.73 Å². The van der Waals surface area contributed by atoms with Gasteiger partial charge in [-0.3, -0.25) is 0 Å². The number of nitrogen functional groups attached to an aromatic ring is 1. The predicted molar refractivity (Wildman–Crippen MR) is 77.9 cm³/mol. The molecule has 0 bridgehead atoms. The summed E-state index contributed by atoms with van der Waals surface area (Å²) in [6, 6.07) is 2.13. The molecule has 102 valence electrons. The number of anilines is 1. The van der Waals surface area contributed by atoms with Crippen molar-refractivity contribution in [1.29, 1.82) is 5.26 Å². The summed E-state index contributed by atoms with van der Waals surface area (Å²) in [6.07, 6.45) is 7.98. The van der Waals surface area contributed by atoms with Gasteiger partial charge in [-0.1, -0.05) is 37.9 Å². The fourth-order valence-corrected chi connectivity index (χ4v) is 3.54. The Morgan fingerprint density at radius 3 is 2.74 bits per heavy atom. The Morgan fingerprint density at radius 2 is 2.11 bits per heavy atom. The van der Waals surface area contributed by atoms with E-state index in [1.807, 2.05) is 0 Å². The largest absolute Gasteiger partial charge is 0.382 e. The number of aryl methyl sites for hydroxylation is 1. The van der Waals surface area contributed by atoms with Gasteiger partial charge < -0.3 is 5.73 Å². The molecule has 5 heteroatoms. The maximum atomic E-state index is 9.16. The van der Waals surface area contributed by atoms with Crippen molar-refractivity contribution in [2.24, 2.45) is 0 Å². The summed E-state index contributed by atoms with van der Waals surface area (Å²) in [7, 11) is 0. The average Bonchev–Trinajstić information content (AvgIpc) is 2.89. The number of hydrogen-bond acceptors (Lipinski definition) is 5. The van der Waals surface area contributed by atoms with Crippen molar-refractivity contribution in [1.82, 2.24) is 9.97 Å². The quantitative estimate of drug-likeness (QED) is 0.835. The fourth-order valence-electron chi connectivity index (χ4n) is 2.36. The van der Waals surface area contributed by atoms with Crippen LogP contribution in [0.2, 0.25) is 0 Å². The van der Waals surface area contributed by atoms with Crippen LogP contribution in [0.25, 0.3) is 0 Å². The van der Waals surface area contributed by atoms with Crippen LogP contribution in [0.15, 0.2) is 5.16 Å². The van der Waals surface area contributed by atoms with E-state index in [9.17, 15) is 0 Å². The molecule has 1 aliphatic carbocycles. The molecule has 1 aliphatic rings. The molecular weight excluding hydrogens is 256 g/mol. The molecule has 0 spiro atoms. The maximum absolute atomic E-state index is 9.16. The molecule has 19 heavy (non-hydrogen) atoms. The fraction of sp³-hybridized carbons (Fsp3) is 0.643. The minimum Gasteiger partial charge on any atom is -0.382 e. The highest BCUT2D eigenvalue weighted by molar-refractivity contribution is 7.99. The van der Waals surface area contributed by atoms with Gasteiger partial charge in [-0.2, -0.15) is 5.26 Å². The smallest absolute Gasteiger partial charge is 0.190 e. The topological polar surface area (TPSA) is 75.6 Å². The Kier molecular flexibility index (Phi) is 5.03. The zero-order valence-electron chi connectivity index (χ0n) is 11.4. The lowest BCUT2D eigenvalue weighted by molar-refractivity contribution is 0.753. The van der Waals surface area contributed by atoms with Crippen molar-refractivity contribution < 1.29 is 0 Å². The van der Waals surface area contributed by atoms with Crippen molar-refractivity contribution in [3.05, 3.63) is 11.3 Å². The van der Waals surface area contributed by atoms with E-state index in [-0.39, 0.29) is 0 Å². The van der Waals surface area contributed by atoms with Crippen LogP contribution >= 0.6 is 11.8 Å². The lowest BCUT2D eigenvalue weighted by atomic mass is 10.1. The van der Waals surface area contributed by atoms with E-state index in [1.165, 1.54) is 25.7 Å². The zero-order valence-corrected chi connectivity index (χ0v) is 12.2. The van der Waals surface area contributed by atoms with Crippen LogP contribution < -0.4 is 5.73 Å². The predicted octanol–water partition coefficient (Wildman–Crippen LogP) is 3.31. The summed E-state index contributed by atoms with van der Waals surface area (Å²) >= 11 is 1.72. The van der Waals surface area contributed by atoms with Gasteiger partial charge in [-0.05, 0) is 25.7 Å². The molecule has 1 aromatic rings. The zero-order chi connectivity index (χ0) is 13.7. The summed E-state index contributed by atoms with van der Waals surface area (Å²) in [5.74, 6) is 0.337. The lowest BCUT2D eigenvalue weighted by Gasteiger charge is -2.10. The van der Waals surface area contributed by atoms with Crippen molar-refractivity contribution in [2.45, 2.75) is 62.3 Å². The summed E-state index contributed by atoms with van der Waals surface area (Å²) in [4.78, 5) is 8.84. The Hall–Kier alpha value is -1.28. The molecule has 1 heterocycles. The lowest BCUT2D eigenvalue weighted by Crippen LogP contribution is -2.07. The first kappa shape index (κ1) is 14.1. The Morgan fingerprint density at radius 1 is 1.37 bits per heavy atom. The average molecular weight is 276 g/mol. The van der Waals surface area contributed by atoms with Crippen molar-refractivity contribution in [3.63, 3.8) is 0 Å². The molecule has 1 saturated carbocycles. The number of unbranched alkanes of at least 4 members (excludes halogenated alkanes) is 1. The molecule has 0 radical (unpaired) electrons. The second-order valence-corrected chi connectivity index (χ2v) is 6.22. The third-order valence-corrected chi connectivity index (χ3v) is 4.64. The normalized spacial score (nSPS) is 15.6. The summed E-state index contributed by atoms with van der Waals surface area (Å²) in [5, 5.41) is 10.5. The molecule has 0 amide bonds. The van der Waals surface area contributed by atoms with E-state index < -0.39 is 0 Å². The maximum Gasteiger partial charge on any atom is 0.190 e. The van der Waals surface area contributed by atoms with E-state index in [0.29, 0.717) is 16.6 Å². The number of nitriles is 1. The van der Waals surface area contributed by atoms with Crippen LogP contribution in [-0.2, 0) is 6.42 Å². The number of nitrogens with two attached hydrogens (primary N) is 1. The standard InChI is InChI=1S/C14H20N4S/c1-2-3-8-12-11(9-15)13(16)18-14(17-12)19-10-6-4-5-7-10/h10H,2-8H2,1H3,(H2,16,17,18). The third kappa shape index (κ3) is 3.60. The van der Waals surface area contributed by atoms with Crippen LogP contribution in [0.5, 0.6) is 0 Å². The highest BCUT2D eigenvalue weighted by Crippen LogP contribution is 2.33. The molecule has 0 aliphatic heterocycles. The number of thioether (sulfide) groups is 1. The summed E-state index contributed by atoms with van der Waals surface area (Å²) in [6.45, 7) is 2.13. The van der Waals surface area contributed by atoms with E-state index in [1.54, 1.807) is 11.8 Å². The van der Waals surface area contributed by atoms with Gasteiger partial charge in [0.2, 0.25) is 0 Å². The van der Waals surface area contributed by atoms with Crippen molar-refractivity contribution in [3.8, 4) is 6.07 Å². The van der Waals surface area contributed by atoms with Gasteiger partial charge in [0.15, 0.2) is 5.16 Å². The summed E-state index contributed by atoms with van der Waals surface area (Å²) < 4.78 is 0. The van der Waals surface area contributed by atoms with Gasteiger partial charge in [0.1, 0.15) is 17.5 Å². The minimum atomic E-state index is 0.337. The van der Waals surface area contributed by atoms with Gasteiger partial charge >= 0.3 is 0 Å². The highest BCUT2D eigenvalue weighted by atomic mass is 32.2. The van der Waals surface area contributed by atoms with Crippen LogP contribution in [0, 0.1) is 11.3 Å².